The molecule has 8 nitrogen and oxygen atoms in total. The van der Waals surface area contributed by atoms with Crippen LogP contribution in [0.25, 0.3) is 0 Å². The van der Waals surface area contributed by atoms with E-state index in [4.69, 9.17) is 0 Å². The van der Waals surface area contributed by atoms with Gasteiger partial charge >= 0.3 is 59.1 Å². The first-order chi connectivity index (χ1) is 10.2. The van der Waals surface area contributed by atoms with Crippen molar-refractivity contribution in [1.82, 2.24) is 0 Å². The van der Waals surface area contributed by atoms with E-state index >= 15 is 0 Å². The molecule has 0 aliphatic heterocycles. The number of benzene rings is 2. The molecule has 0 aliphatic rings. The van der Waals surface area contributed by atoms with Crippen molar-refractivity contribution in [3.8, 4) is 11.5 Å². The van der Waals surface area contributed by atoms with Gasteiger partial charge in [-0.25, -0.2) is 16.8 Å². The fourth-order valence-corrected chi connectivity index (χ4v) is 1.88. The number of hydrogen-bond acceptors (Lipinski definition) is 8. The SMILES string of the molecule is O=S(=O)([O-])Oc1ccccc1.O=S(=O)([O-])Oc1ccccc1.[Na+].[Na+]. The van der Waals surface area contributed by atoms with Gasteiger partial charge in [0.05, 0.1) is 0 Å². The second-order valence-electron chi connectivity index (χ2n) is 3.61. The monoisotopic (exact) mass is 392 g/mol. The van der Waals surface area contributed by atoms with Crippen molar-refractivity contribution < 1.29 is 93.4 Å². The molecule has 0 radical (unpaired) electrons. The third kappa shape index (κ3) is 14.2. The van der Waals surface area contributed by atoms with Gasteiger partial charge < -0.3 is 17.5 Å². The Morgan fingerprint density at radius 1 is 0.583 bits per heavy atom. The average molecular weight is 392 g/mol. The first-order valence-electron chi connectivity index (χ1n) is 5.56. The van der Waals surface area contributed by atoms with Gasteiger partial charge in [-0.05, 0) is 24.3 Å². The molecule has 0 aromatic heterocycles. The topological polar surface area (TPSA) is 133 Å². The molecular weight excluding hydrogens is 382 g/mol. The van der Waals surface area contributed by atoms with E-state index in [-0.39, 0.29) is 70.6 Å². The van der Waals surface area contributed by atoms with E-state index in [0.717, 1.165) is 0 Å². The van der Waals surface area contributed by atoms with Crippen molar-refractivity contribution >= 4 is 20.8 Å². The minimum atomic E-state index is -4.63. The largest absolute Gasteiger partial charge is 1.00 e. The van der Waals surface area contributed by atoms with Crippen LogP contribution in [0.1, 0.15) is 0 Å². The van der Waals surface area contributed by atoms with Gasteiger partial charge in [0.25, 0.3) is 20.8 Å². The summed E-state index contributed by atoms with van der Waals surface area (Å²) in [6, 6.07) is 15.2. The molecule has 2 aromatic rings. The van der Waals surface area contributed by atoms with E-state index in [1.165, 1.54) is 24.3 Å². The van der Waals surface area contributed by atoms with Crippen molar-refractivity contribution in [3.63, 3.8) is 0 Å². The summed E-state index contributed by atoms with van der Waals surface area (Å²) in [6.07, 6.45) is 0. The summed E-state index contributed by atoms with van der Waals surface area (Å²) < 4.78 is 68.2. The van der Waals surface area contributed by atoms with Gasteiger partial charge in [-0.1, -0.05) is 36.4 Å². The average Bonchev–Trinajstić information content (AvgIpc) is 2.38. The van der Waals surface area contributed by atoms with E-state index in [0.29, 0.717) is 0 Å². The van der Waals surface area contributed by atoms with Crippen molar-refractivity contribution in [3.05, 3.63) is 60.7 Å². The first-order valence-corrected chi connectivity index (χ1v) is 8.23. The van der Waals surface area contributed by atoms with Crippen molar-refractivity contribution in [2.45, 2.75) is 0 Å². The third-order valence-corrected chi connectivity index (χ3v) is 2.68. The normalized spacial score (nSPS) is 10.1. The smallest absolute Gasteiger partial charge is 0.716 e. The van der Waals surface area contributed by atoms with Crippen LogP contribution in [0.3, 0.4) is 0 Å². The maximum absolute atomic E-state index is 10.0. The molecule has 0 fully saturated rings. The Labute approximate surface area is 184 Å². The fourth-order valence-electron chi connectivity index (χ4n) is 1.19. The Balaban J connectivity index is 0. The predicted molar refractivity (Wildman–Crippen MR) is 73.5 cm³/mol. The molecule has 2 aromatic carbocycles. The van der Waals surface area contributed by atoms with E-state index < -0.39 is 20.8 Å². The van der Waals surface area contributed by atoms with Crippen LogP contribution in [-0.4, -0.2) is 25.9 Å². The quantitative estimate of drug-likeness (QED) is 0.287. The molecule has 120 valence electrons. The molecule has 0 unspecified atom stereocenters. The maximum Gasteiger partial charge on any atom is 1.00 e. The molecule has 0 amide bonds. The molecular formula is C12H10Na2O8S2. The summed E-state index contributed by atoms with van der Waals surface area (Å²) >= 11 is 0. The zero-order valence-corrected chi connectivity index (χ0v) is 18.5. The van der Waals surface area contributed by atoms with Gasteiger partial charge in [-0.3, -0.25) is 0 Å². The zero-order chi connectivity index (χ0) is 16.6. The van der Waals surface area contributed by atoms with Crippen molar-refractivity contribution in [2.24, 2.45) is 0 Å². The number of hydrogen-bond donors (Lipinski definition) is 0. The minimum Gasteiger partial charge on any atom is -0.716 e. The molecule has 2 rings (SSSR count). The van der Waals surface area contributed by atoms with Crippen LogP contribution in [-0.2, 0) is 20.8 Å². The Morgan fingerprint density at radius 2 is 0.833 bits per heavy atom. The molecule has 0 saturated heterocycles. The Hall–Kier alpha value is -0.140. The van der Waals surface area contributed by atoms with Crippen LogP contribution in [0, 0.1) is 0 Å². The second-order valence-corrected chi connectivity index (χ2v) is 5.58. The van der Waals surface area contributed by atoms with Crippen LogP contribution < -0.4 is 67.5 Å². The van der Waals surface area contributed by atoms with Gasteiger partial charge in [0.15, 0.2) is 0 Å². The summed E-state index contributed by atoms with van der Waals surface area (Å²) in [4.78, 5) is 0. The maximum atomic E-state index is 10.0. The molecule has 0 bridgehead atoms. The molecule has 12 heteroatoms. The van der Waals surface area contributed by atoms with Gasteiger partial charge in [0.2, 0.25) is 0 Å². The second kappa shape index (κ2) is 12.3. The minimum absolute atomic E-state index is 0. The zero-order valence-electron chi connectivity index (χ0n) is 12.9. The Morgan fingerprint density at radius 3 is 1.04 bits per heavy atom. The van der Waals surface area contributed by atoms with Crippen LogP contribution in [0.4, 0.5) is 0 Å². The Bertz CT molecular complexity index is 711. The van der Waals surface area contributed by atoms with Crippen LogP contribution in [0.15, 0.2) is 60.7 Å². The number of para-hydroxylation sites is 2. The van der Waals surface area contributed by atoms with Crippen molar-refractivity contribution in [1.29, 1.82) is 0 Å². The van der Waals surface area contributed by atoms with Gasteiger partial charge in [0, 0.05) is 0 Å². The summed E-state index contributed by atoms with van der Waals surface area (Å²) in [5, 5.41) is 0. The van der Waals surface area contributed by atoms with E-state index in [1.807, 2.05) is 0 Å². The van der Waals surface area contributed by atoms with E-state index in [1.54, 1.807) is 36.4 Å². The summed E-state index contributed by atoms with van der Waals surface area (Å²) in [5.74, 6) is 0.0602. The molecule has 0 atom stereocenters. The molecule has 0 spiro atoms. The third-order valence-electron chi connectivity index (χ3n) is 1.88. The van der Waals surface area contributed by atoms with Crippen molar-refractivity contribution in [2.75, 3.05) is 0 Å². The van der Waals surface area contributed by atoms with Gasteiger partial charge in [-0.15, -0.1) is 0 Å². The molecule has 24 heavy (non-hydrogen) atoms. The fraction of sp³-hybridized carbons (Fsp3) is 0. The standard InChI is InChI=1S/2C6H6O4S.2Na/c2*7-11(8,9)10-6-4-2-1-3-5-6;;/h2*1-5H,(H,7,8,9);;/q;;2*+1/p-2. The molecule has 0 heterocycles. The molecule has 0 N–H and O–H groups in total. The molecule has 0 aliphatic carbocycles. The van der Waals surface area contributed by atoms with Crippen LogP contribution in [0.2, 0.25) is 0 Å². The number of rotatable bonds is 4. The summed E-state index contributed by atoms with van der Waals surface area (Å²) in [5.41, 5.74) is 0. The molecule has 0 saturated carbocycles. The summed E-state index contributed by atoms with van der Waals surface area (Å²) in [6.45, 7) is 0. The summed E-state index contributed by atoms with van der Waals surface area (Å²) in [7, 11) is -9.25. The van der Waals surface area contributed by atoms with E-state index in [2.05, 4.69) is 8.37 Å². The van der Waals surface area contributed by atoms with Crippen LogP contribution in [0.5, 0.6) is 11.5 Å². The van der Waals surface area contributed by atoms with E-state index in [9.17, 15) is 25.9 Å². The predicted octanol–water partition coefficient (Wildman–Crippen LogP) is -4.94. The van der Waals surface area contributed by atoms with Crippen LogP contribution >= 0.6 is 0 Å². The van der Waals surface area contributed by atoms with Gasteiger partial charge in [0.1, 0.15) is 11.5 Å². The van der Waals surface area contributed by atoms with Gasteiger partial charge in [-0.2, -0.15) is 0 Å². The Kier molecular flexibility index (Phi) is 13.3. The first kappa shape index (κ1) is 26.1.